The van der Waals surface area contributed by atoms with Crippen molar-refractivity contribution >= 4 is 23.2 Å². The predicted octanol–water partition coefficient (Wildman–Crippen LogP) is 4.33. The second-order valence-electron chi connectivity index (χ2n) is 6.83. The van der Waals surface area contributed by atoms with E-state index in [1.807, 2.05) is 29.9 Å². The van der Waals surface area contributed by atoms with Gasteiger partial charge in [0, 0.05) is 18.3 Å². The van der Waals surface area contributed by atoms with Crippen LogP contribution in [0.2, 0.25) is 0 Å². The molecule has 0 aliphatic heterocycles. The first-order valence-electron chi connectivity index (χ1n) is 9.16. The molecule has 3 aromatic heterocycles. The molecule has 0 spiro atoms. The van der Waals surface area contributed by atoms with E-state index >= 15 is 0 Å². The third kappa shape index (κ3) is 3.88. The number of amides is 1. The van der Waals surface area contributed by atoms with Gasteiger partial charge in [-0.25, -0.2) is 0 Å². The van der Waals surface area contributed by atoms with Gasteiger partial charge in [0.05, 0.1) is 12.5 Å². The van der Waals surface area contributed by atoms with E-state index in [-0.39, 0.29) is 11.9 Å². The minimum absolute atomic E-state index is 0.0204. The van der Waals surface area contributed by atoms with Gasteiger partial charge in [-0.2, -0.15) is 16.3 Å². The third-order valence-electron chi connectivity index (χ3n) is 5.04. The molecule has 4 rings (SSSR count). The molecule has 136 valence electrons. The summed E-state index contributed by atoms with van der Waals surface area (Å²) in [5.41, 5.74) is 1.14. The van der Waals surface area contributed by atoms with E-state index in [4.69, 9.17) is 0 Å². The van der Waals surface area contributed by atoms with E-state index < -0.39 is 0 Å². The topological polar surface area (TPSA) is 75.6 Å². The Bertz CT molecular complexity index is 784. The molecule has 0 saturated heterocycles. The van der Waals surface area contributed by atoms with E-state index in [0.717, 1.165) is 24.2 Å². The van der Waals surface area contributed by atoms with Gasteiger partial charge in [-0.15, -0.1) is 5.10 Å². The summed E-state index contributed by atoms with van der Waals surface area (Å²) in [6.07, 6.45) is 10.4. The molecular formula is C19H23N5OS. The van der Waals surface area contributed by atoms with Crippen molar-refractivity contribution < 1.29 is 4.79 Å². The lowest BCUT2D eigenvalue weighted by Gasteiger charge is -2.18. The monoisotopic (exact) mass is 369 g/mol. The van der Waals surface area contributed by atoms with Crippen LogP contribution in [0.15, 0.2) is 41.4 Å². The summed E-state index contributed by atoms with van der Waals surface area (Å²) in [6.45, 7) is 0. The fourth-order valence-corrected chi connectivity index (χ4v) is 4.36. The summed E-state index contributed by atoms with van der Waals surface area (Å²) in [5, 5.41) is 14.2. The fraction of sp³-hybridized carbons (Fsp3) is 0.421. The van der Waals surface area contributed by atoms with Gasteiger partial charge in [-0.05, 0) is 47.4 Å². The maximum absolute atomic E-state index is 12.6. The van der Waals surface area contributed by atoms with Crippen molar-refractivity contribution in [1.82, 2.24) is 19.7 Å². The highest BCUT2D eigenvalue weighted by Gasteiger charge is 2.21. The largest absolute Gasteiger partial charge is 0.346 e. The fourth-order valence-electron chi connectivity index (χ4n) is 3.66. The molecular weight excluding hydrogens is 346 g/mol. The summed E-state index contributed by atoms with van der Waals surface area (Å²) >= 11 is 1.64. The SMILES string of the molecule is O=C(C[C@H](c1ccsc1)n1cccc1)Nc1n[nH]c(C2CCCCC2)n1. The van der Waals surface area contributed by atoms with Crippen molar-refractivity contribution in [3.05, 3.63) is 52.7 Å². The molecule has 0 aromatic carbocycles. The first kappa shape index (κ1) is 17.0. The lowest BCUT2D eigenvalue weighted by Crippen LogP contribution is -2.20. The van der Waals surface area contributed by atoms with E-state index in [9.17, 15) is 4.79 Å². The van der Waals surface area contributed by atoms with E-state index in [2.05, 4.69) is 36.5 Å². The van der Waals surface area contributed by atoms with Gasteiger partial charge in [0.15, 0.2) is 0 Å². The van der Waals surface area contributed by atoms with Crippen LogP contribution in [0, 0.1) is 0 Å². The van der Waals surface area contributed by atoms with Crippen molar-refractivity contribution in [3.8, 4) is 0 Å². The molecule has 1 amide bonds. The van der Waals surface area contributed by atoms with Gasteiger partial charge in [-0.3, -0.25) is 15.2 Å². The second kappa shape index (κ2) is 7.86. The van der Waals surface area contributed by atoms with Gasteiger partial charge in [0.2, 0.25) is 11.9 Å². The van der Waals surface area contributed by atoms with Gasteiger partial charge in [0.1, 0.15) is 5.82 Å². The number of carbonyl (C=O) groups is 1. The van der Waals surface area contributed by atoms with Gasteiger partial charge >= 0.3 is 0 Å². The summed E-state index contributed by atoms with van der Waals surface area (Å²) in [5.74, 6) is 1.65. The number of hydrogen-bond donors (Lipinski definition) is 2. The van der Waals surface area contributed by atoms with E-state index in [1.54, 1.807) is 11.3 Å². The highest BCUT2D eigenvalue weighted by atomic mass is 32.1. The van der Waals surface area contributed by atoms with Crippen molar-refractivity contribution in [2.75, 3.05) is 5.32 Å². The zero-order valence-electron chi connectivity index (χ0n) is 14.6. The molecule has 6 nitrogen and oxygen atoms in total. The van der Waals surface area contributed by atoms with Crippen molar-refractivity contribution in [2.45, 2.75) is 50.5 Å². The Labute approximate surface area is 156 Å². The highest BCUT2D eigenvalue weighted by molar-refractivity contribution is 7.08. The van der Waals surface area contributed by atoms with Crippen LogP contribution in [0.1, 0.15) is 61.9 Å². The Kier molecular flexibility index (Phi) is 5.15. The second-order valence-corrected chi connectivity index (χ2v) is 7.61. The predicted molar refractivity (Wildman–Crippen MR) is 102 cm³/mol. The Balaban J connectivity index is 1.42. The number of rotatable bonds is 6. The first-order chi connectivity index (χ1) is 12.8. The van der Waals surface area contributed by atoms with Gasteiger partial charge < -0.3 is 4.57 Å². The van der Waals surface area contributed by atoms with E-state index in [1.165, 1.54) is 19.3 Å². The number of nitrogens with zero attached hydrogens (tertiary/aromatic N) is 3. The average molecular weight is 369 g/mol. The Morgan fingerprint density at radius 3 is 2.85 bits per heavy atom. The Morgan fingerprint density at radius 2 is 2.12 bits per heavy atom. The number of carbonyl (C=O) groups excluding carboxylic acids is 1. The van der Waals surface area contributed by atoms with Crippen LogP contribution < -0.4 is 5.32 Å². The number of aromatic nitrogens is 4. The van der Waals surface area contributed by atoms with Crippen LogP contribution in [0.25, 0.3) is 0 Å². The molecule has 1 aliphatic rings. The summed E-state index contributed by atoms with van der Waals surface area (Å²) < 4.78 is 2.06. The normalized spacial score (nSPS) is 16.5. The molecule has 26 heavy (non-hydrogen) atoms. The standard InChI is InChI=1S/C19H23N5OS/c25-17(12-16(15-8-11-26-13-15)24-9-4-5-10-24)20-19-21-18(22-23-19)14-6-2-1-3-7-14/h4-5,8-11,13-14,16H,1-3,6-7,12H2,(H2,20,21,22,23,25)/t16-/m1/s1. The molecule has 0 unspecified atom stereocenters. The van der Waals surface area contributed by atoms with E-state index in [0.29, 0.717) is 18.3 Å². The smallest absolute Gasteiger partial charge is 0.248 e. The average Bonchev–Trinajstić information content (AvgIpc) is 3.42. The molecule has 0 radical (unpaired) electrons. The number of aromatic amines is 1. The molecule has 1 fully saturated rings. The Hall–Kier alpha value is -2.41. The number of anilines is 1. The van der Waals surface area contributed by atoms with Gasteiger partial charge in [-0.1, -0.05) is 19.3 Å². The molecule has 7 heteroatoms. The molecule has 3 heterocycles. The van der Waals surface area contributed by atoms with Crippen LogP contribution >= 0.6 is 11.3 Å². The molecule has 2 N–H and O–H groups in total. The number of nitrogens with one attached hydrogen (secondary N) is 2. The highest BCUT2D eigenvalue weighted by Crippen LogP contribution is 2.31. The zero-order chi connectivity index (χ0) is 17.8. The number of H-pyrrole nitrogens is 1. The summed E-state index contributed by atoms with van der Waals surface area (Å²) in [6, 6.07) is 6.00. The summed E-state index contributed by atoms with van der Waals surface area (Å²) in [7, 11) is 0. The minimum atomic E-state index is -0.0795. The van der Waals surface area contributed by atoms with Gasteiger partial charge in [0.25, 0.3) is 0 Å². The van der Waals surface area contributed by atoms with Crippen LogP contribution in [0.4, 0.5) is 5.95 Å². The third-order valence-corrected chi connectivity index (χ3v) is 5.74. The molecule has 1 saturated carbocycles. The number of thiophene rings is 1. The zero-order valence-corrected chi connectivity index (χ0v) is 15.4. The maximum Gasteiger partial charge on any atom is 0.248 e. The molecule has 3 aromatic rings. The van der Waals surface area contributed by atoms with Crippen molar-refractivity contribution in [1.29, 1.82) is 0 Å². The maximum atomic E-state index is 12.6. The van der Waals surface area contributed by atoms with Crippen LogP contribution in [-0.2, 0) is 4.79 Å². The lowest BCUT2D eigenvalue weighted by molar-refractivity contribution is -0.116. The van der Waals surface area contributed by atoms with Crippen LogP contribution in [0.5, 0.6) is 0 Å². The van der Waals surface area contributed by atoms with Crippen LogP contribution in [0.3, 0.4) is 0 Å². The molecule has 0 bridgehead atoms. The first-order valence-corrected chi connectivity index (χ1v) is 10.1. The summed E-state index contributed by atoms with van der Waals surface area (Å²) in [4.78, 5) is 17.1. The molecule has 1 atom stereocenters. The van der Waals surface area contributed by atoms with Crippen molar-refractivity contribution in [3.63, 3.8) is 0 Å². The quantitative estimate of drug-likeness (QED) is 0.679. The van der Waals surface area contributed by atoms with Crippen LogP contribution in [-0.4, -0.2) is 25.7 Å². The Morgan fingerprint density at radius 1 is 1.31 bits per heavy atom. The lowest BCUT2D eigenvalue weighted by atomic mass is 9.89. The molecule has 1 aliphatic carbocycles. The van der Waals surface area contributed by atoms with Crippen molar-refractivity contribution in [2.24, 2.45) is 0 Å². The minimum Gasteiger partial charge on any atom is -0.346 e. The number of hydrogen-bond acceptors (Lipinski definition) is 4.